The van der Waals surface area contributed by atoms with Gasteiger partial charge in [0, 0.05) is 65.4 Å². The molecule has 2 bridgehead atoms. The van der Waals surface area contributed by atoms with Crippen LogP contribution in [0.2, 0.25) is 0 Å². The van der Waals surface area contributed by atoms with E-state index in [0.29, 0.717) is 0 Å². The molecule has 0 amide bonds. The second kappa shape index (κ2) is 11.8. The predicted molar refractivity (Wildman–Crippen MR) is 172 cm³/mol. The van der Waals surface area contributed by atoms with E-state index in [1.54, 1.807) is 0 Å². The third-order valence-corrected chi connectivity index (χ3v) is 18.7. The molecule has 2 unspecified atom stereocenters. The van der Waals surface area contributed by atoms with Crippen LogP contribution in [0.4, 0.5) is 11.4 Å². The molecule has 2 N–H and O–H groups in total. The van der Waals surface area contributed by atoms with Crippen LogP contribution in [-0.2, 0) is 9.47 Å². The molecule has 43 heavy (non-hydrogen) atoms. The van der Waals surface area contributed by atoms with E-state index in [2.05, 4.69) is 53.6 Å². The van der Waals surface area contributed by atoms with Crippen molar-refractivity contribution in [2.75, 3.05) is 101 Å². The molecule has 232 valence electrons. The number of hydrogen-bond donors (Lipinski definition) is 2. The normalized spacial score (nSPS) is 29.3. The van der Waals surface area contributed by atoms with Crippen molar-refractivity contribution in [3.05, 3.63) is 48.5 Å². The zero-order chi connectivity index (χ0) is 28.7. The first-order valence-corrected chi connectivity index (χ1v) is 20.1. The lowest BCUT2D eigenvalue weighted by atomic mass is 10.2. The first-order valence-electron chi connectivity index (χ1n) is 15.3. The molecule has 0 saturated carbocycles. The van der Waals surface area contributed by atoms with Crippen LogP contribution in [-0.4, -0.2) is 102 Å². The molecular weight excluding hydrogens is 607 g/mol. The van der Waals surface area contributed by atoms with E-state index in [4.69, 9.17) is 32.1 Å². The first kappa shape index (κ1) is 28.6. The van der Waals surface area contributed by atoms with E-state index in [9.17, 15) is 0 Å². The molecule has 2 aromatic rings. The number of ether oxygens (including phenoxy) is 2. The summed E-state index contributed by atoms with van der Waals surface area (Å²) in [6.45, 7) is 11.7. The van der Waals surface area contributed by atoms with Gasteiger partial charge in [0.15, 0.2) is 11.5 Å². The van der Waals surface area contributed by atoms with Gasteiger partial charge in [-0.15, -0.1) is 4.52 Å². The first-order chi connectivity index (χ1) is 21.2. The second-order valence-corrected chi connectivity index (χ2v) is 18.7. The molecule has 2 saturated heterocycles. The standard InChI is InChI=1S/C27H40N9O4P3/c1-3-8-26-24(6-1)35-12-5-13-36-25-7-2-4-9-27(25)40-43(36)31-41(30-42(35,32-43)39-26,28-10-14-33-16-20-37-21-17-33)29-11-15-34-18-22-38-23-19-34/h1-4,6-9,28-29H,5,10-23H2. The molecule has 0 radical (unpaired) electrons. The summed E-state index contributed by atoms with van der Waals surface area (Å²) in [5.74, 6) is 1.68. The molecule has 2 aromatic carbocycles. The van der Waals surface area contributed by atoms with Crippen molar-refractivity contribution in [2.24, 2.45) is 13.5 Å². The van der Waals surface area contributed by atoms with Crippen LogP contribution in [0, 0.1) is 0 Å². The van der Waals surface area contributed by atoms with Crippen molar-refractivity contribution >= 4 is 34.0 Å². The third-order valence-electron chi connectivity index (χ3n) is 8.55. The maximum atomic E-state index is 6.91. The Labute approximate surface area is 253 Å². The lowest BCUT2D eigenvalue weighted by molar-refractivity contribution is 0.0388. The third kappa shape index (κ3) is 5.37. The summed E-state index contributed by atoms with van der Waals surface area (Å²) >= 11 is 0. The van der Waals surface area contributed by atoms with Crippen molar-refractivity contribution in [1.29, 1.82) is 0 Å². The number of nitrogens with one attached hydrogen (secondary N) is 2. The highest BCUT2D eigenvalue weighted by molar-refractivity contribution is 7.84. The maximum absolute atomic E-state index is 6.91. The average Bonchev–Trinajstić information content (AvgIpc) is 3.47. The number of para-hydroxylation sites is 4. The Bertz CT molecular complexity index is 1440. The Morgan fingerprint density at radius 1 is 0.605 bits per heavy atom. The molecule has 6 heterocycles. The van der Waals surface area contributed by atoms with Gasteiger partial charge in [0.25, 0.3) is 0 Å². The van der Waals surface area contributed by atoms with E-state index in [1.807, 2.05) is 24.3 Å². The Hall–Kier alpha value is -1.91. The highest BCUT2D eigenvalue weighted by Crippen LogP contribution is 2.83. The van der Waals surface area contributed by atoms with Gasteiger partial charge >= 0.3 is 15.2 Å². The number of hydrogen-bond acceptors (Lipinski definition) is 13. The number of morpholine rings is 2. The molecule has 6 aliphatic rings. The molecule has 0 aliphatic carbocycles. The summed E-state index contributed by atoms with van der Waals surface area (Å²) in [5.41, 5.74) is 2.13. The highest BCUT2D eigenvalue weighted by Gasteiger charge is 2.53. The van der Waals surface area contributed by atoms with E-state index in [-0.39, 0.29) is 0 Å². The largest absolute Gasteiger partial charge is 0.424 e. The van der Waals surface area contributed by atoms with E-state index in [0.717, 1.165) is 121 Å². The van der Waals surface area contributed by atoms with Crippen LogP contribution in [0.15, 0.2) is 62.1 Å². The quantitative estimate of drug-likeness (QED) is 0.385. The van der Waals surface area contributed by atoms with Crippen LogP contribution in [0.3, 0.4) is 0 Å². The van der Waals surface area contributed by atoms with Gasteiger partial charge in [-0.05, 0) is 30.7 Å². The zero-order valence-electron chi connectivity index (χ0n) is 24.3. The SMILES string of the molecule is c1ccc2c(c1)OP13=NP(NCCN4CCOCC4)(NCCN4CCOCC4)=NP4(=N1)Oc1ccccc1N4CCCN23. The summed E-state index contributed by atoms with van der Waals surface area (Å²) in [6.07, 6.45) is 0.930. The zero-order valence-corrected chi connectivity index (χ0v) is 27.0. The summed E-state index contributed by atoms with van der Waals surface area (Å²) in [5, 5.41) is 7.78. The van der Waals surface area contributed by atoms with Crippen molar-refractivity contribution in [3.63, 3.8) is 0 Å². The summed E-state index contributed by atoms with van der Waals surface area (Å²) in [6, 6.07) is 16.5. The number of rotatable bonds is 8. The fourth-order valence-electron chi connectivity index (χ4n) is 6.38. The fraction of sp³-hybridized carbons (Fsp3) is 0.556. The fourth-order valence-corrected chi connectivity index (χ4v) is 18.5. The Morgan fingerprint density at radius 3 is 1.63 bits per heavy atom. The summed E-state index contributed by atoms with van der Waals surface area (Å²) in [4.78, 5) is 4.88. The molecule has 6 aliphatic heterocycles. The minimum absolute atomic E-state index is 0.741. The van der Waals surface area contributed by atoms with Gasteiger partial charge in [-0.1, -0.05) is 24.3 Å². The minimum atomic E-state index is -2.90. The van der Waals surface area contributed by atoms with Crippen LogP contribution >= 0.6 is 22.7 Å². The van der Waals surface area contributed by atoms with Crippen molar-refractivity contribution < 1.29 is 18.5 Å². The van der Waals surface area contributed by atoms with Crippen LogP contribution in [0.1, 0.15) is 6.42 Å². The molecule has 16 heteroatoms. The highest BCUT2D eigenvalue weighted by atomic mass is 31.3. The van der Waals surface area contributed by atoms with E-state index >= 15 is 0 Å². The molecule has 2 fully saturated rings. The Kier molecular flexibility index (Phi) is 7.83. The molecule has 2 atom stereocenters. The summed E-state index contributed by atoms with van der Waals surface area (Å²) < 4.78 is 46.5. The van der Waals surface area contributed by atoms with Crippen LogP contribution in [0.25, 0.3) is 0 Å². The second-order valence-electron chi connectivity index (χ2n) is 11.3. The minimum Gasteiger partial charge on any atom is -0.424 e. The Balaban J connectivity index is 1.22. The van der Waals surface area contributed by atoms with Gasteiger partial charge in [0.1, 0.15) is 0 Å². The van der Waals surface area contributed by atoms with Crippen molar-refractivity contribution in [3.8, 4) is 11.5 Å². The molecule has 0 aromatic heterocycles. The van der Waals surface area contributed by atoms with Gasteiger partial charge in [-0.3, -0.25) is 29.3 Å². The predicted octanol–water partition coefficient (Wildman–Crippen LogP) is 4.88. The number of anilines is 2. The van der Waals surface area contributed by atoms with Crippen LogP contribution < -0.4 is 28.6 Å². The molecular formula is C27H40N9O4P3. The van der Waals surface area contributed by atoms with Gasteiger partial charge < -0.3 is 18.5 Å². The number of nitrogens with zero attached hydrogens (tertiary/aromatic N) is 7. The maximum Gasteiger partial charge on any atom is 0.363 e. The topological polar surface area (TPSA) is 111 Å². The lowest BCUT2D eigenvalue weighted by Gasteiger charge is -2.40. The monoisotopic (exact) mass is 647 g/mol. The van der Waals surface area contributed by atoms with Crippen molar-refractivity contribution in [2.45, 2.75) is 6.42 Å². The molecule has 8 rings (SSSR count). The smallest absolute Gasteiger partial charge is 0.363 e. The Morgan fingerprint density at radius 2 is 1.09 bits per heavy atom. The summed E-state index contributed by atoms with van der Waals surface area (Å²) in [7, 11) is -8.56. The lowest BCUT2D eigenvalue weighted by Crippen LogP contribution is -2.42. The number of fused-ring (bicyclic) bond motifs is 4. The number of benzene rings is 2. The van der Waals surface area contributed by atoms with Gasteiger partial charge in [0.2, 0.25) is 7.51 Å². The van der Waals surface area contributed by atoms with E-state index in [1.165, 1.54) is 0 Å². The van der Waals surface area contributed by atoms with E-state index < -0.39 is 22.7 Å². The van der Waals surface area contributed by atoms with Crippen molar-refractivity contribution in [1.82, 2.24) is 20.0 Å². The van der Waals surface area contributed by atoms with Gasteiger partial charge in [-0.2, -0.15) is 9.03 Å². The molecule has 13 nitrogen and oxygen atoms in total. The van der Waals surface area contributed by atoms with Gasteiger partial charge in [-0.25, -0.2) is 0 Å². The molecule has 2 spiro atoms. The average molecular weight is 648 g/mol. The van der Waals surface area contributed by atoms with Gasteiger partial charge in [0.05, 0.1) is 37.8 Å². The van der Waals surface area contributed by atoms with Crippen LogP contribution in [0.5, 0.6) is 11.5 Å².